The average molecular weight is 376 g/mol. The quantitative estimate of drug-likeness (QED) is 0.735. The Kier molecular flexibility index (Phi) is 5.99. The van der Waals surface area contributed by atoms with E-state index >= 15 is 0 Å². The number of benzene rings is 1. The van der Waals surface area contributed by atoms with Gasteiger partial charge in [-0.2, -0.15) is 0 Å². The summed E-state index contributed by atoms with van der Waals surface area (Å²) in [6, 6.07) is 10.4. The minimum Gasteiger partial charge on any atom is -0.449 e. The molecule has 3 rings (SSSR count). The van der Waals surface area contributed by atoms with E-state index in [0.29, 0.717) is 16.3 Å². The molecule has 6 heteroatoms. The van der Waals surface area contributed by atoms with Gasteiger partial charge in [0.15, 0.2) is 6.10 Å². The van der Waals surface area contributed by atoms with Crippen molar-refractivity contribution in [2.75, 3.05) is 13.1 Å². The molecule has 1 saturated heterocycles. The fourth-order valence-electron chi connectivity index (χ4n) is 3.07. The maximum absolute atomic E-state index is 12.5. The first kappa shape index (κ1) is 18.5. The van der Waals surface area contributed by atoms with Crippen LogP contribution in [-0.4, -0.2) is 36.0 Å². The van der Waals surface area contributed by atoms with Gasteiger partial charge in [-0.15, -0.1) is 0 Å². The number of furan rings is 1. The lowest BCUT2D eigenvalue weighted by Gasteiger charge is -2.23. The maximum atomic E-state index is 12.5. The van der Waals surface area contributed by atoms with Crippen molar-refractivity contribution in [1.29, 1.82) is 0 Å². The van der Waals surface area contributed by atoms with Gasteiger partial charge in [0, 0.05) is 18.7 Å². The molecule has 2 aromatic rings. The molecule has 1 aliphatic rings. The lowest BCUT2D eigenvalue weighted by molar-refractivity contribution is -0.139. The van der Waals surface area contributed by atoms with E-state index in [1.54, 1.807) is 24.0 Å². The molecule has 1 fully saturated rings. The van der Waals surface area contributed by atoms with Gasteiger partial charge in [-0.3, -0.25) is 4.79 Å². The highest BCUT2D eigenvalue weighted by Crippen LogP contribution is 2.29. The zero-order valence-corrected chi connectivity index (χ0v) is 15.5. The number of nitrogens with zero attached hydrogens (tertiary/aromatic N) is 1. The lowest BCUT2D eigenvalue weighted by Crippen LogP contribution is -2.40. The number of likely N-dealkylation sites (tertiary alicyclic amines) is 1. The predicted octanol–water partition coefficient (Wildman–Crippen LogP) is 4.55. The highest BCUT2D eigenvalue weighted by Gasteiger charge is 2.26. The van der Waals surface area contributed by atoms with E-state index < -0.39 is 12.1 Å². The third-order valence-electron chi connectivity index (χ3n) is 4.50. The van der Waals surface area contributed by atoms with Crippen LogP contribution in [0.1, 0.15) is 43.2 Å². The molecule has 1 unspecified atom stereocenters. The molecule has 26 heavy (non-hydrogen) atoms. The van der Waals surface area contributed by atoms with Gasteiger partial charge < -0.3 is 14.1 Å². The van der Waals surface area contributed by atoms with Gasteiger partial charge in [0.25, 0.3) is 5.91 Å². The molecule has 2 heterocycles. The number of rotatable bonds is 4. The van der Waals surface area contributed by atoms with E-state index in [1.807, 2.05) is 18.2 Å². The second-order valence-electron chi connectivity index (χ2n) is 6.43. The molecule has 0 saturated carbocycles. The molecular formula is C20H22ClNO4. The van der Waals surface area contributed by atoms with Crippen LogP contribution in [0.4, 0.5) is 0 Å². The van der Waals surface area contributed by atoms with Gasteiger partial charge in [0.05, 0.1) is 5.02 Å². The van der Waals surface area contributed by atoms with Crippen molar-refractivity contribution >= 4 is 23.5 Å². The summed E-state index contributed by atoms with van der Waals surface area (Å²) in [5.74, 6) is -0.276. The van der Waals surface area contributed by atoms with E-state index in [0.717, 1.165) is 38.8 Å². The molecule has 0 N–H and O–H groups in total. The smallest absolute Gasteiger partial charge is 0.375 e. The van der Waals surface area contributed by atoms with Gasteiger partial charge in [-0.1, -0.05) is 36.6 Å². The molecule has 1 aromatic heterocycles. The summed E-state index contributed by atoms with van der Waals surface area (Å²) in [5, 5.41) is 0.534. The van der Waals surface area contributed by atoms with Gasteiger partial charge >= 0.3 is 5.97 Å². The molecule has 1 aromatic carbocycles. The van der Waals surface area contributed by atoms with Gasteiger partial charge in [0.2, 0.25) is 5.76 Å². The Morgan fingerprint density at radius 2 is 1.77 bits per heavy atom. The molecule has 138 valence electrons. The van der Waals surface area contributed by atoms with Crippen LogP contribution < -0.4 is 0 Å². The summed E-state index contributed by atoms with van der Waals surface area (Å²) in [5.41, 5.74) is 0.696. The summed E-state index contributed by atoms with van der Waals surface area (Å²) >= 11 is 6.15. The topological polar surface area (TPSA) is 59.8 Å². The van der Waals surface area contributed by atoms with E-state index in [9.17, 15) is 9.59 Å². The summed E-state index contributed by atoms with van der Waals surface area (Å²) in [6.45, 7) is 3.04. The minimum atomic E-state index is -0.838. The number of hydrogen-bond donors (Lipinski definition) is 0. The molecule has 0 bridgehead atoms. The number of amides is 1. The SMILES string of the molecule is CC(OC(=O)c1ccc(-c2ccccc2Cl)o1)C(=O)N1CCCCCC1. The third-order valence-corrected chi connectivity index (χ3v) is 4.83. The summed E-state index contributed by atoms with van der Waals surface area (Å²) in [6.07, 6.45) is 3.41. The van der Waals surface area contributed by atoms with Gasteiger partial charge in [0.1, 0.15) is 5.76 Å². The number of halogens is 1. The zero-order chi connectivity index (χ0) is 18.5. The van der Waals surface area contributed by atoms with Gasteiger partial charge in [-0.05, 0) is 44.0 Å². The Hall–Kier alpha value is -2.27. The van der Waals surface area contributed by atoms with Crippen LogP contribution in [0.25, 0.3) is 11.3 Å². The molecule has 1 atom stereocenters. The van der Waals surface area contributed by atoms with E-state index in [2.05, 4.69) is 0 Å². The van der Waals surface area contributed by atoms with Crippen LogP contribution in [-0.2, 0) is 9.53 Å². The van der Waals surface area contributed by atoms with Crippen molar-refractivity contribution in [3.8, 4) is 11.3 Å². The molecule has 1 amide bonds. The lowest BCUT2D eigenvalue weighted by atomic mass is 10.2. The van der Waals surface area contributed by atoms with Crippen molar-refractivity contribution in [2.45, 2.75) is 38.7 Å². The Labute approximate surface area is 157 Å². The molecule has 5 nitrogen and oxygen atoms in total. The molecule has 0 aliphatic carbocycles. The molecule has 0 spiro atoms. The summed E-state index contributed by atoms with van der Waals surface area (Å²) in [4.78, 5) is 26.6. The van der Waals surface area contributed by atoms with Crippen LogP contribution in [0.5, 0.6) is 0 Å². The van der Waals surface area contributed by atoms with Crippen LogP contribution >= 0.6 is 11.6 Å². The Bertz CT molecular complexity index is 778. The van der Waals surface area contributed by atoms with Crippen molar-refractivity contribution in [2.24, 2.45) is 0 Å². The second kappa shape index (κ2) is 8.41. The average Bonchev–Trinajstić information content (AvgIpc) is 2.97. The monoisotopic (exact) mass is 375 g/mol. The largest absolute Gasteiger partial charge is 0.449 e. The van der Waals surface area contributed by atoms with E-state index in [-0.39, 0.29) is 11.7 Å². The Morgan fingerprint density at radius 3 is 2.46 bits per heavy atom. The third kappa shape index (κ3) is 4.28. The standard InChI is InChI=1S/C20H22ClNO4/c1-14(19(23)22-12-6-2-3-7-13-22)25-20(24)18-11-10-17(26-18)15-8-4-5-9-16(15)21/h4-5,8-11,14H,2-3,6-7,12-13H2,1H3. The van der Waals surface area contributed by atoms with Crippen molar-refractivity contribution < 1.29 is 18.7 Å². The van der Waals surface area contributed by atoms with Crippen molar-refractivity contribution in [3.63, 3.8) is 0 Å². The highest BCUT2D eigenvalue weighted by atomic mass is 35.5. The minimum absolute atomic E-state index is 0.0513. The first-order chi connectivity index (χ1) is 12.6. The maximum Gasteiger partial charge on any atom is 0.375 e. The number of carbonyl (C=O) groups is 2. The summed E-state index contributed by atoms with van der Waals surface area (Å²) < 4.78 is 10.9. The fraction of sp³-hybridized carbons (Fsp3) is 0.400. The normalized spacial score (nSPS) is 16.0. The zero-order valence-electron chi connectivity index (χ0n) is 14.7. The number of carbonyl (C=O) groups excluding carboxylic acids is 2. The van der Waals surface area contributed by atoms with Crippen LogP contribution in [0.15, 0.2) is 40.8 Å². The fourth-order valence-corrected chi connectivity index (χ4v) is 3.30. The van der Waals surface area contributed by atoms with Crippen molar-refractivity contribution in [3.05, 3.63) is 47.2 Å². The second-order valence-corrected chi connectivity index (χ2v) is 6.84. The predicted molar refractivity (Wildman–Crippen MR) is 99.1 cm³/mol. The van der Waals surface area contributed by atoms with E-state index in [4.69, 9.17) is 20.8 Å². The van der Waals surface area contributed by atoms with Gasteiger partial charge in [-0.25, -0.2) is 4.79 Å². The highest BCUT2D eigenvalue weighted by molar-refractivity contribution is 6.33. The van der Waals surface area contributed by atoms with Crippen LogP contribution in [0.2, 0.25) is 5.02 Å². The number of hydrogen-bond acceptors (Lipinski definition) is 4. The molecular weight excluding hydrogens is 354 g/mol. The van der Waals surface area contributed by atoms with Crippen molar-refractivity contribution in [1.82, 2.24) is 4.90 Å². The Morgan fingerprint density at radius 1 is 1.08 bits per heavy atom. The molecule has 1 aliphatic heterocycles. The summed E-state index contributed by atoms with van der Waals surface area (Å²) in [7, 11) is 0. The molecule has 0 radical (unpaired) electrons. The number of esters is 1. The Balaban J connectivity index is 1.64. The first-order valence-corrected chi connectivity index (χ1v) is 9.28. The van der Waals surface area contributed by atoms with E-state index in [1.165, 1.54) is 6.07 Å². The van der Waals surface area contributed by atoms with Crippen LogP contribution in [0, 0.1) is 0 Å². The first-order valence-electron chi connectivity index (χ1n) is 8.91. The number of ether oxygens (including phenoxy) is 1. The van der Waals surface area contributed by atoms with Crippen LogP contribution in [0.3, 0.4) is 0 Å².